The molecule has 0 atom stereocenters. The standard InChI is InChI=1S/C26H33Cl2NO4/c1-3-22-18-24(31-16-12-25(27)28)19-23(4-2)26(22)32-15-9-8-14-30-17-13-29-33-20-21-10-6-5-7-11-21/h5-7,10-13,18-19H,3-4,8-9,14-17,20H2,1-2H3/b29-13+. The first kappa shape index (κ1) is 27.0. The molecule has 0 bridgehead atoms. The number of rotatable bonds is 16. The highest BCUT2D eigenvalue weighted by atomic mass is 35.5. The van der Waals surface area contributed by atoms with Crippen LogP contribution in [0.4, 0.5) is 0 Å². The number of aryl methyl sites for hydroxylation is 2. The number of hydrogen-bond donors (Lipinski definition) is 0. The molecule has 0 amide bonds. The van der Waals surface area contributed by atoms with Gasteiger partial charge in [-0.2, -0.15) is 0 Å². The van der Waals surface area contributed by atoms with E-state index in [9.17, 15) is 0 Å². The molecule has 0 spiro atoms. The van der Waals surface area contributed by atoms with Gasteiger partial charge in [-0.1, -0.05) is 72.5 Å². The topological polar surface area (TPSA) is 49.3 Å². The fourth-order valence-electron chi connectivity index (χ4n) is 3.10. The Kier molecular flexibility index (Phi) is 13.4. The SMILES string of the molecule is CCc1cc(OCC=C(Cl)Cl)cc(CC)c1OCCCCOC/C=N/OCc1ccccc1. The van der Waals surface area contributed by atoms with Crippen LogP contribution in [0.2, 0.25) is 0 Å². The first-order valence-corrected chi connectivity index (χ1v) is 12.1. The molecule has 0 unspecified atom stereocenters. The van der Waals surface area contributed by atoms with Crippen LogP contribution in [-0.2, 0) is 29.0 Å². The van der Waals surface area contributed by atoms with Gasteiger partial charge >= 0.3 is 0 Å². The van der Waals surface area contributed by atoms with E-state index in [0.717, 1.165) is 53.9 Å². The molecule has 180 valence electrons. The maximum Gasteiger partial charge on any atom is 0.142 e. The number of benzene rings is 2. The summed E-state index contributed by atoms with van der Waals surface area (Å²) in [5.41, 5.74) is 3.35. The molecule has 7 heteroatoms. The molecular weight excluding hydrogens is 461 g/mol. The molecule has 5 nitrogen and oxygen atoms in total. The van der Waals surface area contributed by atoms with Crippen LogP contribution in [-0.4, -0.2) is 32.6 Å². The summed E-state index contributed by atoms with van der Waals surface area (Å²) in [7, 11) is 0. The molecule has 0 radical (unpaired) electrons. The minimum Gasteiger partial charge on any atom is -0.493 e. The maximum absolute atomic E-state index is 6.14. The summed E-state index contributed by atoms with van der Waals surface area (Å²) >= 11 is 11.3. The van der Waals surface area contributed by atoms with Gasteiger partial charge in [0.1, 0.15) is 29.2 Å². The molecule has 33 heavy (non-hydrogen) atoms. The second-order valence-corrected chi connectivity index (χ2v) is 8.27. The molecule has 2 aromatic rings. The van der Waals surface area contributed by atoms with Crippen LogP contribution in [0.25, 0.3) is 0 Å². The second kappa shape index (κ2) is 16.4. The third kappa shape index (κ3) is 11.0. The Morgan fingerprint density at radius 2 is 1.61 bits per heavy atom. The Morgan fingerprint density at radius 3 is 2.27 bits per heavy atom. The van der Waals surface area contributed by atoms with E-state index in [1.807, 2.05) is 42.5 Å². The normalized spacial score (nSPS) is 10.9. The van der Waals surface area contributed by atoms with Crippen molar-refractivity contribution >= 4 is 29.4 Å². The first-order chi connectivity index (χ1) is 16.1. The lowest BCUT2D eigenvalue weighted by atomic mass is 10.0. The minimum absolute atomic E-state index is 0.203. The van der Waals surface area contributed by atoms with Crippen molar-refractivity contribution in [2.75, 3.05) is 26.4 Å². The first-order valence-electron chi connectivity index (χ1n) is 11.3. The molecule has 0 aliphatic carbocycles. The lowest BCUT2D eigenvalue weighted by molar-refractivity contribution is 0.124. The van der Waals surface area contributed by atoms with Crippen molar-refractivity contribution in [3.8, 4) is 11.5 Å². The van der Waals surface area contributed by atoms with Crippen LogP contribution >= 0.6 is 23.2 Å². The number of oxime groups is 1. The lowest BCUT2D eigenvalue weighted by Gasteiger charge is -2.17. The van der Waals surface area contributed by atoms with Gasteiger partial charge in [0, 0.05) is 6.61 Å². The molecule has 0 aliphatic rings. The van der Waals surface area contributed by atoms with Crippen molar-refractivity contribution in [1.29, 1.82) is 0 Å². The van der Waals surface area contributed by atoms with Gasteiger partial charge in [-0.15, -0.1) is 0 Å². The molecule has 2 rings (SSSR count). The summed E-state index contributed by atoms with van der Waals surface area (Å²) in [4.78, 5) is 5.24. The molecule has 0 N–H and O–H groups in total. The smallest absolute Gasteiger partial charge is 0.142 e. The highest BCUT2D eigenvalue weighted by molar-refractivity contribution is 6.55. The zero-order valence-corrected chi connectivity index (χ0v) is 20.9. The van der Waals surface area contributed by atoms with Gasteiger partial charge < -0.3 is 19.0 Å². The van der Waals surface area contributed by atoms with Gasteiger partial charge in [0.15, 0.2) is 0 Å². The molecule has 0 fully saturated rings. The average Bonchev–Trinajstić information content (AvgIpc) is 2.83. The predicted molar refractivity (Wildman–Crippen MR) is 136 cm³/mol. The summed E-state index contributed by atoms with van der Waals surface area (Å²) in [6, 6.07) is 14.0. The van der Waals surface area contributed by atoms with E-state index in [1.54, 1.807) is 12.3 Å². The molecule has 0 aliphatic heterocycles. The van der Waals surface area contributed by atoms with Crippen molar-refractivity contribution in [3.05, 3.63) is 69.7 Å². The van der Waals surface area contributed by atoms with Gasteiger partial charge in [-0.05, 0) is 60.6 Å². The maximum atomic E-state index is 6.14. The van der Waals surface area contributed by atoms with Crippen molar-refractivity contribution in [1.82, 2.24) is 0 Å². The third-order valence-electron chi connectivity index (χ3n) is 4.81. The Morgan fingerprint density at radius 1 is 0.909 bits per heavy atom. The lowest BCUT2D eigenvalue weighted by Crippen LogP contribution is -2.06. The quantitative estimate of drug-likeness (QED) is 0.145. The van der Waals surface area contributed by atoms with Crippen LogP contribution in [0.1, 0.15) is 43.4 Å². The fourth-order valence-corrected chi connectivity index (χ4v) is 3.23. The van der Waals surface area contributed by atoms with Crippen LogP contribution in [0, 0.1) is 0 Å². The van der Waals surface area contributed by atoms with Gasteiger partial charge in [0.25, 0.3) is 0 Å². The molecule has 0 saturated carbocycles. The van der Waals surface area contributed by atoms with Crippen LogP contribution in [0.15, 0.2) is 58.2 Å². The Labute approximate surface area is 207 Å². The number of halogens is 2. The predicted octanol–water partition coefficient (Wildman–Crippen LogP) is 6.89. The molecule has 0 aromatic heterocycles. The molecule has 0 heterocycles. The van der Waals surface area contributed by atoms with Crippen molar-refractivity contribution < 1.29 is 19.0 Å². The number of unbranched alkanes of at least 4 members (excludes halogenated alkanes) is 1. The van der Waals surface area contributed by atoms with E-state index in [0.29, 0.717) is 33.0 Å². The summed E-state index contributed by atoms with van der Waals surface area (Å²) < 4.78 is 17.7. The highest BCUT2D eigenvalue weighted by Crippen LogP contribution is 2.31. The Balaban J connectivity index is 1.65. The van der Waals surface area contributed by atoms with E-state index < -0.39 is 0 Å². The largest absolute Gasteiger partial charge is 0.493 e. The number of nitrogens with zero attached hydrogens (tertiary/aromatic N) is 1. The third-order valence-corrected chi connectivity index (χ3v) is 5.12. The average molecular weight is 494 g/mol. The van der Waals surface area contributed by atoms with Crippen molar-refractivity contribution in [2.24, 2.45) is 5.16 Å². The fraction of sp³-hybridized carbons (Fsp3) is 0.423. The van der Waals surface area contributed by atoms with E-state index in [4.69, 9.17) is 42.3 Å². The van der Waals surface area contributed by atoms with Gasteiger partial charge in [0.2, 0.25) is 0 Å². The number of ether oxygens (including phenoxy) is 3. The van der Waals surface area contributed by atoms with Crippen molar-refractivity contribution in [2.45, 2.75) is 46.1 Å². The monoisotopic (exact) mass is 493 g/mol. The zero-order chi connectivity index (χ0) is 23.7. The van der Waals surface area contributed by atoms with Crippen LogP contribution in [0.5, 0.6) is 11.5 Å². The summed E-state index contributed by atoms with van der Waals surface area (Å²) in [5.74, 6) is 1.76. The minimum atomic E-state index is 0.203. The number of hydrogen-bond acceptors (Lipinski definition) is 5. The summed E-state index contributed by atoms with van der Waals surface area (Å²) in [6.45, 7) is 6.74. The van der Waals surface area contributed by atoms with Gasteiger partial charge in [-0.25, -0.2) is 0 Å². The summed E-state index contributed by atoms with van der Waals surface area (Å²) in [6.07, 6.45) is 6.80. The van der Waals surface area contributed by atoms with Gasteiger partial charge in [0.05, 0.1) is 19.4 Å². The molecular formula is C26H33Cl2NO4. The molecule has 2 aromatic carbocycles. The van der Waals surface area contributed by atoms with Gasteiger partial charge in [-0.3, -0.25) is 0 Å². The Bertz CT molecular complexity index is 843. The Hall–Kier alpha value is -2.21. The molecule has 0 saturated heterocycles. The van der Waals surface area contributed by atoms with E-state index in [1.165, 1.54) is 0 Å². The van der Waals surface area contributed by atoms with Crippen LogP contribution < -0.4 is 9.47 Å². The van der Waals surface area contributed by atoms with Crippen molar-refractivity contribution in [3.63, 3.8) is 0 Å². The zero-order valence-electron chi connectivity index (χ0n) is 19.4. The second-order valence-electron chi connectivity index (χ2n) is 7.26. The van der Waals surface area contributed by atoms with E-state index >= 15 is 0 Å². The summed E-state index contributed by atoms with van der Waals surface area (Å²) in [5, 5.41) is 3.91. The van der Waals surface area contributed by atoms with E-state index in [2.05, 4.69) is 19.0 Å². The van der Waals surface area contributed by atoms with E-state index in [-0.39, 0.29) is 4.49 Å². The van der Waals surface area contributed by atoms with Crippen LogP contribution in [0.3, 0.4) is 0 Å². The highest BCUT2D eigenvalue weighted by Gasteiger charge is 2.11.